The SMILES string of the molecule is CC(C)[C@@H](Cc1ccccc1)C(=O)NC[C@@H](O)C1CCOCC1. The largest absolute Gasteiger partial charge is 0.391 e. The number of hydrogen-bond donors (Lipinski definition) is 2. The molecule has 4 nitrogen and oxygen atoms in total. The van der Waals surface area contributed by atoms with Crippen LogP contribution < -0.4 is 5.32 Å². The lowest BCUT2D eigenvalue weighted by Crippen LogP contribution is -2.42. The lowest BCUT2D eigenvalue weighted by molar-refractivity contribution is -0.127. The summed E-state index contributed by atoms with van der Waals surface area (Å²) >= 11 is 0. The summed E-state index contributed by atoms with van der Waals surface area (Å²) in [5, 5.41) is 13.2. The zero-order valence-electron chi connectivity index (χ0n) is 14.2. The van der Waals surface area contributed by atoms with Crippen molar-refractivity contribution in [2.24, 2.45) is 17.8 Å². The molecule has 1 aliphatic rings. The summed E-state index contributed by atoms with van der Waals surface area (Å²) in [6.07, 6.45) is 1.99. The first-order chi connectivity index (χ1) is 11.1. The number of aliphatic hydroxyl groups is 1. The van der Waals surface area contributed by atoms with Gasteiger partial charge in [-0.05, 0) is 36.7 Å². The van der Waals surface area contributed by atoms with E-state index in [1.54, 1.807) is 0 Å². The second-order valence-electron chi connectivity index (χ2n) is 6.80. The van der Waals surface area contributed by atoms with E-state index in [1.165, 1.54) is 5.56 Å². The van der Waals surface area contributed by atoms with Gasteiger partial charge in [-0.25, -0.2) is 0 Å². The molecule has 1 saturated heterocycles. The van der Waals surface area contributed by atoms with Gasteiger partial charge < -0.3 is 15.2 Å². The minimum atomic E-state index is -0.479. The number of nitrogens with one attached hydrogen (secondary N) is 1. The number of carbonyl (C=O) groups is 1. The van der Waals surface area contributed by atoms with E-state index < -0.39 is 6.10 Å². The Kier molecular flexibility index (Phi) is 7.06. The molecule has 128 valence electrons. The molecule has 0 aliphatic carbocycles. The average molecular weight is 319 g/mol. The molecule has 1 heterocycles. The summed E-state index contributed by atoms with van der Waals surface area (Å²) < 4.78 is 5.31. The van der Waals surface area contributed by atoms with Crippen molar-refractivity contribution in [3.63, 3.8) is 0 Å². The number of hydrogen-bond acceptors (Lipinski definition) is 3. The van der Waals surface area contributed by atoms with Gasteiger partial charge in [-0.1, -0.05) is 44.2 Å². The fourth-order valence-corrected chi connectivity index (χ4v) is 3.10. The van der Waals surface area contributed by atoms with Gasteiger partial charge in [0.1, 0.15) is 0 Å². The van der Waals surface area contributed by atoms with Crippen LogP contribution >= 0.6 is 0 Å². The summed E-state index contributed by atoms with van der Waals surface area (Å²) in [6.45, 7) is 5.89. The molecule has 0 spiro atoms. The fourth-order valence-electron chi connectivity index (χ4n) is 3.10. The van der Waals surface area contributed by atoms with Gasteiger partial charge >= 0.3 is 0 Å². The van der Waals surface area contributed by atoms with Crippen LogP contribution in [0.4, 0.5) is 0 Å². The number of ether oxygens (including phenoxy) is 1. The van der Waals surface area contributed by atoms with Crippen LogP contribution in [0.15, 0.2) is 30.3 Å². The van der Waals surface area contributed by atoms with Gasteiger partial charge in [0.2, 0.25) is 5.91 Å². The molecule has 2 rings (SSSR count). The van der Waals surface area contributed by atoms with E-state index in [0.29, 0.717) is 19.8 Å². The Morgan fingerprint density at radius 1 is 1.26 bits per heavy atom. The van der Waals surface area contributed by atoms with E-state index in [4.69, 9.17) is 4.74 Å². The molecule has 4 heteroatoms. The van der Waals surface area contributed by atoms with Crippen molar-refractivity contribution >= 4 is 5.91 Å². The van der Waals surface area contributed by atoms with Gasteiger partial charge in [0.05, 0.1) is 6.10 Å². The topological polar surface area (TPSA) is 58.6 Å². The second-order valence-corrected chi connectivity index (χ2v) is 6.80. The average Bonchev–Trinajstić information content (AvgIpc) is 2.58. The van der Waals surface area contributed by atoms with Gasteiger partial charge in [-0.15, -0.1) is 0 Å². The molecule has 0 saturated carbocycles. The van der Waals surface area contributed by atoms with Crippen LogP contribution in [0.25, 0.3) is 0 Å². The van der Waals surface area contributed by atoms with E-state index in [-0.39, 0.29) is 23.7 Å². The molecule has 2 N–H and O–H groups in total. The normalized spacial score (nSPS) is 18.6. The third-order valence-corrected chi connectivity index (χ3v) is 4.74. The van der Waals surface area contributed by atoms with Gasteiger partial charge in [0.25, 0.3) is 0 Å². The summed E-state index contributed by atoms with van der Waals surface area (Å²) in [4.78, 5) is 12.5. The Balaban J connectivity index is 1.85. The van der Waals surface area contributed by atoms with Gasteiger partial charge in [-0.3, -0.25) is 4.79 Å². The quantitative estimate of drug-likeness (QED) is 0.811. The number of aliphatic hydroxyl groups excluding tert-OH is 1. The lowest BCUT2D eigenvalue weighted by Gasteiger charge is -2.28. The van der Waals surface area contributed by atoms with E-state index in [0.717, 1.165) is 19.3 Å². The van der Waals surface area contributed by atoms with Crippen molar-refractivity contribution in [2.75, 3.05) is 19.8 Å². The summed E-state index contributed by atoms with van der Waals surface area (Å²) in [6, 6.07) is 10.1. The third-order valence-electron chi connectivity index (χ3n) is 4.74. The second kappa shape index (κ2) is 9.04. The molecule has 1 fully saturated rings. The molecular formula is C19H29NO3. The van der Waals surface area contributed by atoms with Crippen LogP contribution in [-0.2, 0) is 16.0 Å². The van der Waals surface area contributed by atoms with Crippen molar-refractivity contribution in [3.8, 4) is 0 Å². The van der Waals surface area contributed by atoms with E-state index >= 15 is 0 Å². The monoisotopic (exact) mass is 319 g/mol. The molecule has 1 aliphatic heterocycles. The smallest absolute Gasteiger partial charge is 0.223 e. The number of carbonyl (C=O) groups excluding carboxylic acids is 1. The third kappa shape index (κ3) is 5.63. The highest BCUT2D eigenvalue weighted by atomic mass is 16.5. The summed E-state index contributed by atoms with van der Waals surface area (Å²) in [5.41, 5.74) is 1.17. The highest BCUT2D eigenvalue weighted by Crippen LogP contribution is 2.20. The van der Waals surface area contributed by atoms with E-state index in [1.807, 2.05) is 18.2 Å². The van der Waals surface area contributed by atoms with Crippen molar-refractivity contribution < 1.29 is 14.6 Å². The lowest BCUT2D eigenvalue weighted by atomic mass is 9.88. The van der Waals surface area contributed by atoms with Crippen LogP contribution in [-0.4, -0.2) is 36.9 Å². The van der Waals surface area contributed by atoms with Crippen LogP contribution in [0, 0.1) is 17.8 Å². The summed E-state index contributed by atoms with van der Waals surface area (Å²) in [7, 11) is 0. The molecular weight excluding hydrogens is 290 g/mol. The Morgan fingerprint density at radius 3 is 2.52 bits per heavy atom. The number of amides is 1. The zero-order chi connectivity index (χ0) is 16.7. The highest BCUT2D eigenvalue weighted by Gasteiger charge is 2.26. The van der Waals surface area contributed by atoms with Crippen molar-refractivity contribution in [1.29, 1.82) is 0 Å². The van der Waals surface area contributed by atoms with Crippen LogP contribution in [0.5, 0.6) is 0 Å². The molecule has 1 aromatic carbocycles. The predicted molar refractivity (Wildman–Crippen MR) is 91.0 cm³/mol. The summed E-state index contributed by atoms with van der Waals surface area (Å²) in [5.74, 6) is 0.459. The maximum absolute atomic E-state index is 12.5. The Hall–Kier alpha value is -1.39. The predicted octanol–water partition coefficient (Wildman–Crippen LogP) is 2.41. The van der Waals surface area contributed by atoms with Crippen molar-refractivity contribution in [3.05, 3.63) is 35.9 Å². The van der Waals surface area contributed by atoms with Crippen LogP contribution in [0.3, 0.4) is 0 Å². The minimum Gasteiger partial charge on any atom is -0.391 e. The van der Waals surface area contributed by atoms with Crippen LogP contribution in [0.2, 0.25) is 0 Å². The molecule has 0 radical (unpaired) electrons. The molecule has 0 aromatic heterocycles. The van der Waals surface area contributed by atoms with Crippen molar-refractivity contribution in [1.82, 2.24) is 5.32 Å². The molecule has 2 atom stereocenters. The first kappa shape index (κ1) is 18.0. The fraction of sp³-hybridized carbons (Fsp3) is 0.632. The van der Waals surface area contributed by atoms with E-state index in [9.17, 15) is 9.90 Å². The van der Waals surface area contributed by atoms with Gasteiger partial charge in [-0.2, -0.15) is 0 Å². The Bertz CT molecular complexity index is 469. The standard InChI is InChI=1S/C19H29NO3/c1-14(2)17(12-15-6-4-3-5-7-15)19(22)20-13-18(21)16-8-10-23-11-9-16/h3-7,14,16-18,21H,8-13H2,1-2H3,(H,20,22)/t17-,18-/m1/s1. The van der Waals surface area contributed by atoms with Gasteiger partial charge in [0.15, 0.2) is 0 Å². The Morgan fingerprint density at radius 2 is 1.91 bits per heavy atom. The molecule has 23 heavy (non-hydrogen) atoms. The molecule has 0 unspecified atom stereocenters. The minimum absolute atomic E-state index is 0.0370. The molecule has 0 bridgehead atoms. The number of benzene rings is 1. The molecule has 1 aromatic rings. The zero-order valence-corrected chi connectivity index (χ0v) is 14.2. The number of rotatable bonds is 7. The first-order valence-corrected chi connectivity index (χ1v) is 8.65. The molecule has 1 amide bonds. The first-order valence-electron chi connectivity index (χ1n) is 8.65. The van der Waals surface area contributed by atoms with Gasteiger partial charge in [0, 0.05) is 25.7 Å². The maximum atomic E-state index is 12.5. The highest BCUT2D eigenvalue weighted by molar-refractivity contribution is 5.79. The van der Waals surface area contributed by atoms with E-state index in [2.05, 4.69) is 31.3 Å². The Labute approximate surface area is 139 Å². The van der Waals surface area contributed by atoms with Crippen LogP contribution in [0.1, 0.15) is 32.3 Å². The maximum Gasteiger partial charge on any atom is 0.223 e. The van der Waals surface area contributed by atoms with Crippen molar-refractivity contribution in [2.45, 2.75) is 39.2 Å².